The van der Waals surface area contributed by atoms with Crippen molar-refractivity contribution in [1.82, 2.24) is 9.55 Å². The number of hydrogen-bond donors (Lipinski definition) is 0. The largest absolute Gasteiger partial charge is 0.465 e. The van der Waals surface area contributed by atoms with Crippen LogP contribution in [0.3, 0.4) is 0 Å². The normalized spacial score (nSPS) is 25.6. The molecule has 5 heteroatoms. The molecule has 0 aromatic carbocycles. The van der Waals surface area contributed by atoms with E-state index in [2.05, 4.69) is 9.55 Å². The van der Waals surface area contributed by atoms with Gasteiger partial charge in [0.05, 0.1) is 6.61 Å². The molecule has 0 amide bonds. The van der Waals surface area contributed by atoms with Crippen LogP contribution in [0.25, 0.3) is 0 Å². The smallest absolute Gasteiger partial charge is 0.319 e. The Bertz CT molecular complexity index is 387. The van der Waals surface area contributed by atoms with Gasteiger partial charge in [0.25, 0.3) is 0 Å². The molecule has 2 heterocycles. The second-order valence-electron chi connectivity index (χ2n) is 3.91. The zero-order chi connectivity index (χ0) is 10.3. The SMILES string of the molecule is O=C1OCC[C@H]1Sc1nccn1C1CC1. The number of ether oxygens (including phenoxy) is 1. The number of carbonyl (C=O) groups excluding carboxylic acids is 1. The predicted octanol–water partition coefficient (Wildman–Crippen LogP) is 1.63. The zero-order valence-corrected chi connectivity index (χ0v) is 9.07. The van der Waals surface area contributed by atoms with E-state index < -0.39 is 0 Å². The first-order valence-corrected chi connectivity index (χ1v) is 6.08. The van der Waals surface area contributed by atoms with Gasteiger partial charge in [-0.15, -0.1) is 0 Å². The van der Waals surface area contributed by atoms with E-state index in [4.69, 9.17) is 4.74 Å². The maximum absolute atomic E-state index is 11.3. The summed E-state index contributed by atoms with van der Waals surface area (Å²) >= 11 is 1.54. The van der Waals surface area contributed by atoms with Crippen LogP contribution in [0.4, 0.5) is 0 Å². The van der Waals surface area contributed by atoms with Crippen LogP contribution in [0.2, 0.25) is 0 Å². The van der Waals surface area contributed by atoms with E-state index in [1.54, 1.807) is 6.20 Å². The Morgan fingerprint density at radius 3 is 3.00 bits per heavy atom. The average Bonchev–Trinajstić information content (AvgIpc) is 2.85. The summed E-state index contributed by atoms with van der Waals surface area (Å²) in [4.78, 5) is 15.6. The van der Waals surface area contributed by atoms with E-state index in [1.165, 1.54) is 24.6 Å². The highest BCUT2D eigenvalue weighted by Crippen LogP contribution is 2.39. The summed E-state index contributed by atoms with van der Waals surface area (Å²) in [5.41, 5.74) is 0. The van der Waals surface area contributed by atoms with Crippen molar-refractivity contribution in [3.63, 3.8) is 0 Å². The first-order valence-electron chi connectivity index (χ1n) is 5.21. The molecular formula is C10H12N2O2S. The highest BCUT2D eigenvalue weighted by Gasteiger charge is 2.31. The fraction of sp³-hybridized carbons (Fsp3) is 0.600. The third-order valence-electron chi connectivity index (χ3n) is 2.71. The first-order chi connectivity index (χ1) is 7.34. The van der Waals surface area contributed by atoms with E-state index in [0.29, 0.717) is 12.6 Å². The molecule has 0 unspecified atom stereocenters. The Morgan fingerprint density at radius 1 is 1.47 bits per heavy atom. The molecule has 0 radical (unpaired) electrons. The van der Waals surface area contributed by atoms with Gasteiger partial charge in [0.1, 0.15) is 5.25 Å². The molecule has 3 rings (SSSR count). The van der Waals surface area contributed by atoms with E-state index in [1.807, 2.05) is 6.20 Å². The Morgan fingerprint density at radius 2 is 2.33 bits per heavy atom. The molecule has 4 nitrogen and oxygen atoms in total. The molecule has 1 aliphatic heterocycles. The molecule has 1 aromatic rings. The molecule has 2 fully saturated rings. The summed E-state index contributed by atoms with van der Waals surface area (Å²) in [6.07, 6.45) is 7.08. The molecule has 1 saturated carbocycles. The summed E-state index contributed by atoms with van der Waals surface area (Å²) in [6, 6.07) is 0.618. The van der Waals surface area contributed by atoms with Crippen LogP contribution in [0, 0.1) is 0 Å². The lowest BCUT2D eigenvalue weighted by molar-refractivity contribution is -0.137. The summed E-state index contributed by atoms with van der Waals surface area (Å²) in [5.74, 6) is -0.0923. The number of thioether (sulfide) groups is 1. The monoisotopic (exact) mass is 224 g/mol. The fourth-order valence-electron chi connectivity index (χ4n) is 1.73. The molecule has 1 atom stereocenters. The highest BCUT2D eigenvalue weighted by atomic mass is 32.2. The molecule has 1 aliphatic carbocycles. The van der Waals surface area contributed by atoms with E-state index in [9.17, 15) is 4.79 Å². The number of aromatic nitrogens is 2. The number of esters is 1. The third kappa shape index (κ3) is 1.76. The van der Waals surface area contributed by atoms with Gasteiger partial charge in [-0.1, -0.05) is 11.8 Å². The molecule has 1 saturated heterocycles. The lowest BCUT2D eigenvalue weighted by atomic mass is 10.4. The van der Waals surface area contributed by atoms with Crippen LogP contribution in [0.1, 0.15) is 25.3 Å². The minimum atomic E-state index is -0.0923. The highest BCUT2D eigenvalue weighted by molar-refractivity contribution is 8.00. The van der Waals surface area contributed by atoms with Crippen molar-refractivity contribution in [2.24, 2.45) is 0 Å². The molecular weight excluding hydrogens is 212 g/mol. The van der Waals surface area contributed by atoms with Crippen molar-refractivity contribution in [3.05, 3.63) is 12.4 Å². The Kier molecular flexibility index (Phi) is 2.20. The Hall–Kier alpha value is -0.970. The Balaban J connectivity index is 1.75. The van der Waals surface area contributed by atoms with Gasteiger partial charge in [-0.3, -0.25) is 4.79 Å². The van der Waals surface area contributed by atoms with Crippen molar-refractivity contribution in [2.45, 2.75) is 35.7 Å². The number of hydrogen-bond acceptors (Lipinski definition) is 4. The number of nitrogens with zero attached hydrogens (tertiary/aromatic N) is 2. The number of rotatable bonds is 3. The van der Waals surface area contributed by atoms with Crippen molar-refractivity contribution >= 4 is 17.7 Å². The minimum Gasteiger partial charge on any atom is -0.465 e. The molecule has 15 heavy (non-hydrogen) atoms. The number of carbonyl (C=O) groups is 1. The van der Waals surface area contributed by atoms with Crippen LogP contribution in [-0.4, -0.2) is 27.4 Å². The van der Waals surface area contributed by atoms with Gasteiger partial charge >= 0.3 is 5.97 Å². The van der Waals surface area contributed by atoms with Gasteiger partial charge in [-0.05, 0) is 12.8 Å². The summed E-state index contributed by atoms with van der Waals surface area (Å²) in [5, 5.41) is 0.909. The maximum atomic E-state index is 11.3. The van der Waals surface area contributed by atoms with Crippen molar-refractivity contribution < 1.29 is 9.53 Å². The second-order valence-corrected chi connectivity index (χ2v) is 5.08. The van der Waals surface area contributed by atoms with Gasteiger partial charge < -0.3 is 9.30 Å². The lowest BCUT2D eigenvalue weighted by Crippen LogP contribution is -2.10. The van der Waals surface area contributed by atoms with Crippen molar-refractivity contribution in [3.8, 4) is 0 Å². The summed E-state index contributed by atoms with van der Waals surface area (Å²) in [6.45, 7) is 0.556. The van der Waals surface area contributed by atoms with Gasteiger partial charge in [0.2, 0.25) is 0 Å². The van der Waals surface area contributed by atoms with Gasteiger partial charge in [-0.25, -0.2) is 4.98 Å². The summed E-state index contributed by atoms with van der Waals surface area (Å²) < 4.78 is 7.11. The second kappa shape index (κ2) is 3.56. The Labute approximate surface area is 92.0 Å². The number of cyclic esters (lactones) is 1. The molecule has 1 aromatic heterocycles. The molecule has 0 bridgehead atoms. The van der Waals surface area contributed by atoms with E-state index in [0.717, 1.165) is 11.6 Å². The van der Waals surface area contributed by atoms with Crippen LogP contribution < -0.4 is 0 Å². The topological polar surface area (TPSA) is 44.1 Å². The van der Waals surface area contributed by atoms with Gasteiger partial charge in [0, 0.05) is 24.9 Å². The van der Waals surface area contributed by atoms with Crippen molar-refractivity contribution in [2.75, 3.05) is 6.61 Å². The van der Waals surface area contributed by atoms with Gasteiger partial charge in [-0.2, -0.15) is 0 Å². The predicted molar refractivity (Wildman–Crippen MR) is 55.7 cm³/mol. The van der Waals surface area contributed by atoms with Crippen molar-refractivity contribution in [1.29, 1.82) is 0 Å². The lowest BCUT2D eigenvalue weighted by Gasteiger charge is -2.07. The molecule has 0 N–H and O–H groups in total. The summed E-state index contributed by atoms with van der Waals surface area (Å²) in [7, 11) is 0. The first kappa shape index (κ1) is 9.27. The standard InChI is InChI=1S/C10H12N2O2S/c13-9-8(3-6-14-9)15-10-11-4-5-12(10)7-1-2-7/h4-5,7-8H,1-3,6H2/t8-/m1/s1. The van der Waals surface area contributed by atoms with E-state index >= 15 is 0 Å². The zero-order valence-electron chi connectivity index (χ0n) is 8.26. The quantitative estimate of drug-likeness (QED) is 0.732. The maximum Gasteiger partial charge on any atom is 0.319 e. The molecule has 80 valence electrons. The third-order valence-corrected chi connectivity index (χ3v) is 3.95. The van der Waals surface area contributed by atoms with Crippen LogP contribution in [-0.2, 0) is 9.53 Å². The fourth-order valence-corrected chi connectivity index (χ4v) is 2.82. The number of imidazole rings is 1. The van der Waals surface area contributed by atoms with E-state index in [-0.39, 0.29) is 11.2 Å². The average molecular weight is 224 g/mol. The minimum absolute atomic E-state index is 0.0510. The molecule has 0 spiro atoms. The molecule has 2 aliphatic rings. The van der Waals surface area contributed by atoms with Crippen LogP contribution >= 0.6 is 11.8 Å². The van der Waals surface area contributed by atoms with Crippen LogP contribution in [0.15, 0.2) is 17.6 Å². The van der Waals surface area contributed by atoms with Gasteiger partial charge in [0.15, 0.2) is 5.16 Å². The van der Waals surface area contributed by atoms with Crippen LogP contribution in [0.5, 0.6) is 0 Å².